The van der Waals surface area contributed by atoms with Crippen LogP contribution in [0, 0.1) is 0 Å². The molecule has 1 aliphatic rings. The molecule has 0 spiro atoms. The number of amides is 1. The van der Waals surface area contributed by atoms with Gasteiger partial charge in [0.15, 0.2) is 11.5 Å². The topological polar surface area (TPSA) is 73.6 Å². The van der Waals surface area contributed by atoms with Crippen molar-refractivity contribution in [2.75, 3.05) is 25.5 Å². The Morgan fingerprint density at radius 1 is 1.04 bits per heavy atom. The third-order valence-electron chi connectivity index (χ3n) is 3.69. The Bertz CT molecular complexity index is 689. The Labute approximate surface area is 147 Å². The summed E-state index contributed by atoms with van der Waals surface area (Å²) >= 11 is 0. The zero-order valence-electron chi connectivity index (χ0n) is 13.3. The molecule has 128 valence electrons. The van der Waals surface area contributed by atoms with Gasteiger partial charge in [-0.05, 0) is 42.3 Å². The fourth-order valence-corrected chi connectivity index (χ4v) is 2.41. The molecule has 1 heterocycles. The number of nitrogens with two attached hydrogens (primary N) is 1. The fraction of sp³-hybridized carbons (Fsp3) is 0.278. The van der Waals surface area contributed by atoms with Crippen LogP contribution in [0.1, 0.15) is 22.3 Å². The van der Waals surface area contributed by atoms with Crippen LogP contribution in [-0.2, 0) is 6.42 Å². The van der Waals surface area contributed by atoms with E-state index in [2.05, 4.69) is 5.32 Å². The smallest absolute Gasteiger partial charge is 0.251 e. The summed E-state index contributed by atoms with van der Waals surface area (Å²) in [6, 6.07) is 12.9. The first-order valence-electron chi connectivity index (χ1n) is 7.74. The van der Waals surface area contributed by atoms with Crippen molar-refractivity contribution in [2.45, 2.75) is 12.8 Å². The van der Waals surface area contributed by atoms with Gasteiger partial charge in [0.2, 0.25) is 0 Å². The summed E-state index contributed by atoms with van der Waals surface area (Å²) in [5.74, 6) is 1.21. The number of anilines is 1. The number of benzene rings is 2. The molecule has 0 aromatic heterocycles. The SMILES string of the molecule is Cl.Nc1ccc(CCNC(=O)c2ccc3c(c2)OCCCO3)cc1. The Kier molecular flexibility index (Phi) is 6.32. The van der Waals surface area contributed by atoms with Crippen molar-refractivity contribution in [3.05, 3.63) is 53.6 Å². The van der Waals surface area contributed by atoms with Crippen LogP contribution in [-0.4, -0.2) is 25.7 Å². The normalized spacial score (nSPS) is 12.7. The summed E-state index contributed by atoms with van der Waals surface area (Å²) in [5, 5.41) is 2.92. The Morgan fingerprint density at radius 2 is 1.75 bits per heavy atom. The molecule has 0 fully saturated rings. The van der Waals surface area contributed by atoms with Gasteiger partial charge in [-0.1, -0.05) is 12.1 Å². The first-order chi connectivity index (χ1) is 11.2. The Morgan fingerprint density at radius 3 is 2.50 bits per heavy atom. The first-order valence-corrected chi connectivity index (χ1v) is 7.74. The van der Waals surface area contributed by atoms with Gasteiger partial charge < -0.3 is 20.5 Å². The van der Waals surface area contributed by atoms with E-state index in [1.807, 2.05) is 24.3 Å². The minimum Gasteiger partial charge on any atom is -0.490 e. The number of nitrogen functional groups attached to an aromatic ring is 1. The lowest BCUT2D eigenvalue weighted by Crippen LogP contribution is -2.25. The van der Waals surface area contributed by atoms with Crippen molar-refractivity contribution in [3.8, 4) is 11.5 Å². The number of carbonyl (C=O) groups is 1. The van der Waals surface area contributed by atoms with Crippen LogP contribution < -0.4 is 20.5 Å². The summed E-state index contributed by atoms with van der Waals surface area (Å²) in [6.07, 6.45) is 1.61. The first kappa shape index (κ1) is 17.9. The van der Waals surface area contributed by atoms with Crippen LogP contribution in [0.25, 0.3) is 0 Å². The molecule has 0 aliphatic carbocycles. The lowest BCUT2D eigenvalue weighted by molar-refractivity contribution is 0.0953. The quantitative estimate of drug-likeness (QED) is 0.833. The Balaban J connectivity index is 0.00000208. The van der Waals surface area contributed by atoms with Crippen molar-refractivity contribution in [3.63, 3.8) is 0 Å². The van der Waals surface area contributed by atoms with E-state index in [1.54, 1.807) is 18.2 Å². The minimum absolute atomic E-state index is 0. The highest BCUT2D eigenvalue weighted by molar-refractivity contribution is 5.94. The van der Waals surface area contributed by atoms with E-state index in [9.17, 15) is 4.79 Å². The molecule has 0 saturated heterocycles. The average molecular weight is 349 g/mol. The van der Waals surface area contributed by atoms with Crippen LogP contribution in [0.15, 0.2) is 42.5 Å². The van der Waals surface area contributed by atoms with Gasteiger partial charge in [0.05, 0.1) is 13.2 Å². The molecule has 2 aromatic rings. The summed E-state index contributed by atoms with van der Waals surface area (Å²) in [7, 11) is 0. The molecule has 0 atom stereocenters. The minimum atomic E-state index is -0.115. The molecule has 1 amide bonds. The molecule has 3 N–H and O–H groups in total. The maximum Gasteiger partial charge on any atom is 0.251 e. The molecule has 24 heavy (non-hydrogen) atoms. The molecule has 3 rings (SSSR count). The van der Waals surface area contributed by atoms with Gasteiger partial charge in [-0.3, -0.25) is 4.79 Å². The van der Waals surface area contributed by atoms with Crippen LogP contribution >= 0.6 is 12.4 Å². The molecular weight excluding hydrogens is 328 g/mol. The number of rotatable bonds is 4. The van der Waals surface area contributed by atoms with E-state index in [4.69, 9.17) is 15.2 Å². The molecule has 0 radical (unpaired) electrons. The molecular formula is C18H21ClN2O3. The van der Waals surface area contributed by atoms with E-state index < -0.39 is 0 Å². The van der Waals surface area contributed by atoms with Gasteiger partial charge in [0, 0.05) is 24.2 Å². The van der Waals surface area contributed by atoms with E-state index in [1.165, 1.54) is 0 Å². The summed E-state index contributed by atoms with van der Waals surface area (Å²) < 4.78 is 11.2. The van der Waals surface area contributed by atoms with Gasteiger partial charge in [0.25, 0.3) is 5.91 Å². The average Bonchev–Trinajstić information content (AvgIpc) is 2.81. The van der Waals surface area contributed by atoms with E-state index in [0.717, 1.165) is 24.1 Å². The third kappa shape index (κ3) is 4.55. The van der Waals surface area contributed by atoms with Crippen molar-refractivity contribution in [1.82, 2.24) is 5.32 Å². The second-order valence-corrected chi connectivity index (χ2v) is 5.46. The molecule has 5 nitrogen and oxygen atoms in total. The maximum absolute atomic E-state index is 12.2. The highest BCUT2D eigenvalue weighted by atomic mass is 35.5. The second-order valence-electron chi connectivity index (χ2n) is 5.46. The standard InChI is InChI=1S/C18H20N2O3.ClH/c19-15-5-2-13(3-6-15)8-9-20-18(21)14-4-7-16-17(12-14)23-11-1-10-22-16;/h2-7,12H,1,8-11,19H2,(H,20,21);1H. The van der Waals surface area contributed by atoms with Crippen molar-refractivity contribution >= 4 is 24.0 Å². The second kappa shape index (κ2) is 8.45. The van der Waals surface area contributed by atoms with Crippen LogP contribution in [0.4, 0.5) is 5.69 Å². The van der Waals surface area contributed by atoms with Crippen molar-refractivity contribution in [2.24, 2.45) is 0 Å². The molecule has 0 saturated carbocycles. The molecule has 0 bridgehead atoms. The molecule has 2 aromatic carbocycles. The lowest BCUT2D eigenvalue weighted by Gasteiger charge is -2.10. The summed E-state index contributed by atoms with van der Waals surface area (Å²) in [5.41, 5.74) is 8.11. The van der Waals surface area contributed by atoms with Gasteiger partial charge >= 0.3 is 0 Å². The molecule has 1 aliphatic heterocycles. The van der Waals surface area contributed by atoms with Crippen LogP contribution in [0.2, 0.25) is 0 Å². The number of carbonyl (C=O) groups excluding carboxylic acids is 1. The Hall–Kier alpha value is -2.40. The summed E-state index contributed by atoms with van der Waals surface area (Å²) in [4.78, 5) is 12.2. The monoisotopic (exact) mass is 348 g/mol. The zero-order valence-corrected chi connectivity index (χ0v) is 14.1. The fourth-order valence-electron chi connectivity index (χ4n) is 2.41. The molecule has 0 unspecified atom stereocenters. The van der Waals surface area contributed by atoms with Crippen molar-refractivity contribution < 1.29 is 14.3 Å². The van der Waals surface area contributed by atoms with Crippen LogP contribution in [0.5, 0.6) is 11.5 Å². The highest BCUT2D eigenvalue weighted by Gasteiger charge is 2.13. The largest absolute Gasteiger partial charge is 0.490 e. The summed E-state index contributed by atoms with van der Waals surface area (Å²) in [6.45, 7) is 1.81. The predicted octanol–water partition coefficient (Wildman–Crippen LogP) is 2.82. The van der Waals surface area contributed by atoms with Gasteiger partial charge in [-0.2, -0.15) is 0 Å². The van der Waals surface area contributed by atoms with Gasteiger partial charge in [0.1, 0.15) is 0 Å². The lowest BCUT2D eigenvalue weighted by atomic mass is 10.1. The zero-order chi connectivity index (χ0) is 16.1. The van der Waals surface area contributed by atoms with Crippen molar-refractivity contribution in [1.29, 1.82) is 0 Å². The van der Waals surface area contributed by atoms with Gasteiger partial charge in [-0.15, -0.1) is 12.4 Å². The van der Waals surface area contributed by atoms with E-state index in [0.29, 0.717) is 36.8 Å². The third-order valence-corrected chi connectivity index (χ3v) is 3.69. The van der Waals surface area contributed by atoms with Gasteiger partial charge in [-0.25, -0.2) is 0 Å². The number of halogens is 1. The number of ether oxygens (including phenoxy) is 2. The number of hydrogen-bond donors (Lipinski definition) is 2. The van der Waals surface area contributed by atoms with E-state index in [-0.39, 0.29) is 18.3 Å². The number of hydrogen-bond acceptors (Lipinski definition) is 4. The van der Waals surface area contributed by atoms with E-state index >= 15 is 0 Å². The number of fused-ring (bicyclic) bond motifs is 1. The molecule has 6 heteroatoms. The number of nitrogens with one attached hydrogen (secondary N) is 1. The predicted molar refractivity (Wildman–Crippen MR) is 96.2 cm³/mol. The highest BCUT2D eigenvalue weighted by Crippen LogP contribution is 2.30. The maximum atomic E-state index is 12.2. The van der Waals surface area contributed by atoms with Crippen LogP contribution in [0.3, 0.4) is 0 Å².